The van der Waals surface area contributed by atoms with Gasteiger partial charge in [-0.1, -0.05) is 30.3 Å². The number of aliphatic imine (C=N–C) groups is 1. The maximum atomic E-state index is 6.10. The van der Waals surface area contributed by atoms with Gasteiger partial charge in [-0.05, 0) is 36.6 Å². The standard InChI is InChI=1S/C26H35N5O2.HI/c1-20-7-8-23-21(18-29-24(23)17-20)9-10-28-26(27-2)30-19-22-5-3-4-6-25(22)33-16-13-31-11-14-32-15-12-31;/h3-8,17-18,29H,9-16,19H2,1-2H3,(H2,27,28,30);1H. The number of para-hydroxylation sites is 1. The Balaban J connectivity index is 0.00000324. The van der Waals surface area contributed by atoms with Crippen LogP contribution in [0.5, 0.6) is 5.75 Å². The number of guanidine groups is 1. The molecule has 2 heterocycles. The molecule has 1 fully saturated rings. The fourth-order valence-corrected chi connectivity index (χ4v) is 4.12. The van der Waals surface area contributed by atoms with Crippen molar-refractivity contribution < 1.29 is 9.47 Å². The SMILES string of the molecule is CN=C(NCCc1c[nH]c2cc(C)ccc12)NCc1ccccc1OCCN1CCOCC1.I. The van der Waals surface area contributed by atoms with E-state index in [0.717, 1.165) is 63.1 Å². The van der Waals surface area contributed by atoms with Gasteiger partial charge in [0.15, 0.2) is 5.96 Å². The molecule has 3 N–H and O–H groups in total. The van der Waals surface area contributed by atoms with Crippen molar-refractivity contribution in [3.8, 4) is 5.75 Å². The molecule has 4 rings (SSSR count). The monoisotopic (exact) mass is 577 g/mol. The maximum absolute atomic E-state index is 6.10. The van der Waals surface area contributed by atoms with Gasteiger partial charge in [0.05, 0.1) is 13.2 Å². The molecule has 0 saturated carbocycles. The smallest absolute Gasteiger partial charge is 0.191 e. The first kappa shape index (κ1) is 26.3. The Kier molecular flexibility index (Phi) is 10.5. The van der Waals surface area contributed by atoms with E-state index in [0.29, 0.717) is 13.2 Å². The number of hydrogen-bond acceptors (Lipinski definition) is 4. The van der Waals surface area contributed by atoms with E-state index in [1.807, 2.05) is 18.2 Å². The van der Waals surface area contributed by atoms with Gasteiger partial charge in [-0.15, -0.1) is 24.0 Å². The molecule has 0 atom stereocenters. The first-order valence-corrected chi connectivity index (χ1v) is 11.7. The van der Waals surface area contributed by atoms with E-state index in [4.69, 9.17) is 9.47 Å². The molecule has 184 valence electrons. The first-order chi connectivity index (χ1) is 16.2. The number of rotatable bonds is 9. The largest absolute Gasteiger partial charge is 0.492 e. The fourth-order valence-electron chi connectivity index (χ4n) is 4.12. The molecule has 0 aliphatic carbocycles. The Morgan fingerprint density at radius 3 is 2.76 bits per heavy atom. The van der Waals surface area contributed by atoms with Gasteiger partial charge in [0, 0.05) is 62.4 Å². The van der Waals surface area contributed by atoms with Crippen LogP contribution in [0.1, 0.15) is 16.7 Å². The van der Waals surface area contributed by atoms with Crippen LogP contribution in [0.15, 0.2) is 53.7 Å². The van der Waals surface area contributed by atoms with Crippen LogP contribution in [0.2, 0.25) is 0 Å². The summed E-state index contributed by atoms with van der Waals surface area (Å²) in [5, 5.41) is 8.13. The van der Waals surface area contributed by atoms with Gasteiger partial charge in [-0.25, -0.2) is 0 Å². The average Bonchev–Trinajstić information content (AvgIpc) is 3.24. The summed E-state index contributed by atoms with van der Waals surface area (Å²) in [4.78, 5) is 10.1. The van der Waals surface area contributed by atoms with Crippen molar-refractivity contribution in [3.05, 3.63) is 65.4 Å². The molecular formula is C26H36IN5O2. The Morgan fingerprint density at radius 2 is 1.94 bits per heavy atom. The normalized spacial score (nSPS) is 14.6. The number of hydrogen-bond donors (Lipinski definition) is 3. The molecule has 3 aromatic rings. The Labute approximate surface area is 219 Å². The number of fused-ring (bicyclic) bond motifs is 1. The molecule has 0 radical (unpaired) electrons. The van der Waals surface area contributed by atoms with Gasteiger partial charge in [0.2, 0.25) is 0 Å². The molecule has 0 bridgehead atoms. The lowest BCUT2D eigenvalue weighted by Crippen LogP contribution is -2.39. The molecule has 34 heavy (non-hydrogen) atoms. The Hall–Kier alpha value is -2.30. The highest BCUT2D eigenvalue weighted by Gasteiger charge is 2.11. The highest BCUT2D eigenvalue weighted by Crippen LogP contribution is 2.20. The lowest BCUT2D eigenvalue weighted by molar-refractivity contribution is 0.0322. The van der Waals surface area contributed by atoms with E-state index in [2.05, 4.69) is 62.9 Å². The molecule has 1 aliphatic heterocycles. The van der Waals surface area contributed by atoms with Crippen LogP contribution in [0.3, 0.4) is 0 Å². The zero-order chi connectivity index (χ0) is 22.9. The predicted molar refractivity (Wildman–Crippen MR) is 150 cm³/mol. The molecule has 0 unspecified atom stereocenters. The highest BCUT2D eigenvalue weighted by molar-refractivity contribution is 14.0. The number of benzene rings is 2. The first-order valence-electron chi connectivity index (χ1n) is 11.7. The average molecular weight is 578 g/mol. The van der Waals surface area contributed by atoms with Gasteiger partial charge in [0.25, 0.3) is 0 Å². The minimum atomic E-state index is 0. The summed E-state index contributed by atoms with van der Waals surface area (Å²) < 4.78 is 11.5. The Bertz CT molecular complexity index is 1060. The molecule has 2 aromatic carbocycles. The van der Waals surface area contributed by atoms with E-state index >= 15 is 0 Å². The minimum absolute atomic E-state index is 0. The highest BCUT2D eigenvalue weighted by atomic mass is 127. The van der Waals surface area contributed by atoms with Gasteiger partial charge in [-0.2, -0.15) is 0 Å². The molecule has 8 heteroatoms. The summed E-state index contributed by atoms with van der Waals surface area (Å²) in [6, 6.07) is 14.7. The van der Waals surface area contributed by atoms with Gasteiger partial charge in [0.1, 0.15) is 12.4 Å². The third-order valence-electron chi connectivity index (χ3n) is 6.02. The number of H-pyrrole nitrogens is 1. The molecule has 7 nitrogen and oxygen atoms in total. The molecule has 0 amide bonds. The van der Waals surface area contributed by atoms with Crippen LogP contribution >= 0.6 is 24.0 Å². The molecular weight excluding hydrogens is 541 g/mol. The number of ether oxygens (including phenoxy) is 2. The second-order valence-electron chi connectivity index (χ2n) is 8.38. The molecule has 1 aliphatic rings. The number of nitrogens with one attached hydrogen (secondary N) is 3. The van der Waals surface area contributed by atoms with Crippen LogP contribution in [0.4, 0.5) is 0 Å². The number of nitrogens with zero attached hydrogens (tertiary/aromatic N) is 2. The lowest BCUT2D eigenvalue weighted by atomic mass is 10.1. The number of halogens is 1. The van der Waals surface area contributed by atoms with E-state index < -0.39 is 0 Å². The van der Waals surface area contributed by atoms with Crippen molar-refractivity contribution in [2.75, 3.05) is 53.0 Å². The lowest BCUT2D eigenvalue weighted by Gasteiger charge is -2.26. The summed E-state index contributed by atoms with van der Waals surface area (Å²) in [5.41, 5.74) is 4.89. The summed E-state index contributed by atoms with van der Waals surface area (Å²) in [6.07, 6.45) is 3.03. The summed E-state index contributed by atoms with van der Waals surface area (Å²) >= 11 is 0. The van der Waals surface area contributed by atoms with E-state index in [9.17, 15) is 0 Å². The summed E-state index contributed by atoms with van der Waals surface area (Å²) in [6.45, 7) is 8.75. The molecule has 1 aromatic heterocycles. The van der Waals surface area contributed by atoms with E-state index in [1.165, 1.54) is 22.0 Å². The number of aryl methyl sites for hydroxylation is 1. The van der Waals surface area contributed by atoms with Crippen LogP contribution in [-0.4, -0.2) is 68.9 Å². The van der Waals surface area contributed by atoms with Crippen LogP contribution < -0.4 is 15.4 Å². The summed E-state index contributed by atoms with van der Waals surface area (Å²) in [5.74, 6) is 1.71. The third-order valence-corrected chi connectivity index (χ3v) is 6.02. The second kappa shape index (κ2) is 13.6. The Morgan fingerprint density at radius 1 is 1.12 bits per heavy atom. The van der Waals surface area contributed by atoms with E-state index in [-0.39, 0.29) is 24.0 Å². The number of aromatic nitrogens is 1. The van der Waals surface area contributed by atoms with Crippen LogP contribution in [0.25, 0.3) is 10.9 Å². The minimum Gasteiger partial charge on any atom is -0.492 e. The zero-order valence-corrected chi connectivity index (χ0v) is 22.4. The van der Waals surface area contributed by atoms with E-state index in [1.54, 1.807) is 7.05 Å². The fraction of sp³-hybridized carbons (Fsp3) is 0.423. The van der Waals surface area contributed by atoms with Crippen molar-refractivity contribution in [1.82, 2.24) is 20.5 Å². The second-order valence-corrected chi connectivity index (χ2v) is 8.38. The van der Waals surface area contributed by atoms with Gasteiger partial charge in [-0.3, -0.25) is 9.89 Å². The number of aromatic amines is 1. The van der Waals surface area contributed by atoms with Crippen molar-refractivity contribution in [2.45, 2.75) is 19.9 Å². The van der Waals surface area contributed by atoms with Crippen molar-refractivity contribution in [3.63, 3.8) is 0 Å². The molecule has 0 spiro atoms. The van der Waals surface area contributed by atoms with Crippen molar-refractivity contribution >= 4 is 40.8 Å². The van der Waals surface area contributed by atoms with Crippen LogP contribution in [0, 0.1) is 6.92 Å². The quantitative estimate of drug-likeness (QED) is 0.206. The molecule has 1 saturated heterocycles. The summed E-state index contributed by atoms with van der Waals surface area (Å²) in [7, 11) is 1.80. The topological polar surface area (TPSA) is 73.9 Å². The predicted octanol–water partition coefficient (Wildman–Crippen LogP) is 3.71. The maximum Gasteiger partial charge on any atom is 0.191 e. The van der Waals surface area contributed by atoms with Crippen LogP contribution in [-0.2, 0) is 17.7 Å². The van der Waals surface area contributed by atoms with Gasteiger partial charge < -0.3 is 25.1 Å². The van der Waals surface area contributed by atoms with Crippen molar-refractivity contribution in [2.24, 2.45) is 4.99 Å². The zero-order valence-electron chi connectivity index (χ0n) is 20.1. The third kappa shape index (κ3) is 7.35. The number of morpholine rings is 1. The van der Waals surface area contributed by atoms with Crippen molar-refractivity contribution in [1.29, 1.82) is 0 Å². The van der Waals surface area contributed by atoms with Gasteiger partial charge >= 0.3 is 0 Å².